The summed E-state index contributed by atoms with van der Waals surface area (Å²) in [5, 5.41) is 8.95. The van der Waals surface area contributed by atoms with E-state index in [0.29, 0.717) is 0 Å². The van der Waals surface area contributed by atoms with E-state index < -0.39 is 29.5 Å². The van der Waals surface area contributed by atoms with Gasteiger partial charge in [0.2, 0.25) is 0 Å². The largest absolute Gasteiger partial charge is 0.481 e. The van der Waals surface area contributed by atoms with Crippen LogP contribution >= 0.6 is 0 Å². The van der Waals surface area contributed by atoms with E-state index >= 15 is 0 Å². The molecule has 0 spiro atoms. The minimum atomic E-state index is -4.45. The highest BCUT2D eigenvalue weighted by Gasteiger charge is 2.35. The van der Waals surface area contributed by atoms with Crippen LogP contribution in [0.5, 0.6) is 0 Å². The molecule has 120 valence electrons. The molecule has 1 aromatic carbocycles. The number of carbonyl (C=O) groups excluding carboxylic acids is 1. The molecule has 0 aliphatic heterocycles. The molecule has 1 N–H and O–H groups in total. The molecular weight excluding hydrogens is 299 g/mol. The number of carbonyl (C=O) groups is 2. The number of carboxylic acid groups (broad SMARTS) is 1. The molecule has 1 unspecified atom stereocenters. The van der Waals surface area contributed by atoms with Gasteiger partial charge in [0.05, 0.1) is 11.5 Å². The number of benzene rings is 1. The molecule has 0 heterocycles. The van der Waals surface area contributed by atoms with Crippen molar-refractivity contribution in [2.75, 3.05) is 6.54 Å². The third-order valence-electron chi connectivity index (χ3n) is 3.60. The highest BCUT2D eigenvalue weighted by atomic mass is 19.4. The molecule has 1 aromatic rings. The summed E-state index contributed by atoms with van der Waals surface area (Å²) in [7, 11) is 0. The zero-order valence-electron chi connectivity index (χ0n) is 11.9. The van der Waals surface area contributed by atoms with Gasteiger partial charge >= 0.3 is 12.1 Å². The maximum Gasteiger partial charge on any atom is 0.416 e. The molecule has 1 fully saturated rings. The average molecular weight is 315 g/mol. The van der Waals surface area contributed by atoms with Crippen LogP contribution < -0.4 is 0 Å². The molecule has 0 radical (unpaired) electrons. The summed E-state index contributed by atoms with van der Waals surface area (Å²) in [6.45, 7) is 1.55. The number of hydrogen-bond donors (Lipinski definition) is 1. The van der Waals surface area contributed by atoms with Gasteiger partial charge in [-0.25, -0.2) is 0 Å². The van der Waals surface area contributed by atoms with E-state index in [9.17, 15) is 22.8 Å². The Morgan fingerprint density at radius 2 is 1.82 bits per heavy atom. The topological polar surface area (TPSA) is 57.6 Å². The molecule has 0 saturated heterocycles. The summed E-state index contributed by atoms with van der Waals surface area (Å²) in [4.78, 5) is 24.8. The summed E-state index contributed by atoms with van der Waals surface area (Å²) < 4.78 is 37.6. The molecule has 22 heavy (non-hydrogen) atoms. The van der Waals surface area contributed by atoms with E-state index in [1.807, 2.05) is 0 Å². The van der Waals surface area contributed by atoms with Crippen LogP contribution in [0.3, 0.4) is 0 Å². The lowest BCUT2D eigenvalue weighted by Crippen LogP contribution is -2.38. The molecule has 0 bridgehead atoms. The van der Waals surface area contributed by atoms with Gasteiger partial charge in [-0.2, -0.15) is 13.2 Å². The van der Waals surface area contributed by atoms with Crippen LogP contribution in [-0.2, 0) is 11.0 Å². The first-order chi connectivity index (χ1) is 10.2. The molecule has 0 aromatic heterocycles. The molecule has 1 atom stereocenters. The lowest BCUT2D eigenvalue weighted by molar-refractivity contribution is -0.141. The van der Waals surface area contributed by atoms with Crippen LogP contribution in [0.1, 0.15) is 35.7 Å². The molecule has 1 amide bonds. The molecule has 7 heteroatoms. The van der Waals surface area contributed by atoms with Gasteiger partial charge in [0.1, 0.15) is 0 Å². The van der Waals surface area contributed by atoms with E-state index in [4.69, 9.17) is 5.11 Å². The lowest BCUT2D eigenvalue weighted by Gasteiger charge is -2.24. The van der Waals surface area contributed by atoms with E-state index in [1.54, 1.807) is 0 Å². The summed E-state index contributed by atoms with van der Waals surface area (Å²) in [5.41, 5.74) is -0.682. The first kappa shape index (κ1) is 16.3. The van der Waals surface area contributed by atoms with Crippen molar-refractivity contribution >= 4 is 11.9 Å². The first-order valence-corrected chi connectivity index (χ1v) is 6.91. The first-order valence-electron chi connectivity index (χ1n) is 6.91. The number of carboxylic acids is 1. The van der Waals surface area contributed by atoms with Crippen molar-refractivity contribution < 1.29 is 27.9 Å². The third kappa shape index (κ3) is 3.78. The van der Waals surface area contributed by atoms with Crippen molar-refractivity contribution in [2.45, 2.75) is 32.0 Å². The van der Waals surface area contributed by atoms with Gasteiger partial charge in [0.25, 0.3) is 5.91 Å². The zero-order valence-corrected chi connectivity index (χ0v) is 11.9. The van der Waals surface area contributed by atoms with Crippen LogP contribution in [0.25, 0.3) is 0 Å². The highest BCUT2D eigenvalue weighted by Crippen LogP contribution is 2.31. The summed E-state index contributed by atoms with van der Waals surface area (Å²) in [6, 6.07) is 3.96. The molecule has 4 nitrogen and oxygen atoms in total. The van der Waals surface area contributed by atoms with E-state index in [1.165, 1.54) is 11.8 Å². The number of halogens is 3. The van der Waals surface area contributed by atoms with E-state index in [-0.39, 0.29) is 18.2 Å². The normalized spacial score (nSPS) is 16.2. The Morgan fingerprint density at radius 3 is 2.23 bits per heavy atom. The second-order valence-electron chi connectivity index (χ2n) is 5.50. The average Bonchev–Trinajstić information content (AvgIpc) is 3.27. The van der Waals surface area contributed by atoms with Gasteiger partial charge in [-0.3, -0.25) is 9.59 Å². The zero-order chi connectivity index (χ0) is 16.5. The quantitative estimate of drug-likeness (QED) is 0.908. The lowest BCUT2D eigenvalue weighted by atomic mass is 10.1. The van der Waals surface area contributed by atoms with Crippen LogP contribution in [0, 0.1) is 5.92 Å². The summed E-state index contributed by atoms with van der Waals surface area (Å²) in [5.74, 6) is -2.16. The Hall–Kier alpha value is -2.05. The number of aliphatic carboxylic acids is 1. The van der Waals surface area contributed by atoms with Gasteiger partial charge < -0.3 is 10.0 Å². The maximum absolute atomic E-state index is 12.5. The standard InChI is InChI=1S/C15H16F3NO3/c1-9(14(21)22)8-19(12-6-7-12)13(20)10-2-4-11(5-3-10)15(16,17)18/h2-5,9,12H,6-8H2,1H3,(H,21,22). The molecular formula is C15H16F3NO3. The Kier molecular flexibility index (Phi) is 4.44. The number of alkyl halides is 3. The molecule has 2 rings (SSSR count). The third-order valence-corrected chi connectivity index (χ3v) is 3.60. The number of hydrogen-bond acceptors (Lipinski definition) is 2. The monoisotopic (exact) mass is 315 g/mol. The minimum absolute atomic E-state index is 0.0170. The Balaban J connectivity index is 2.15. The molecule has 1 aliphatic rings. The molecule has 1 aliphatic carbocycles. The van der Waals surface area contributed by atoms with Gasteiger partial charge in [0.15, 0.2) is 0 Å². The van der Waals surface area contributed by atoms with Crippen molar-refractivity contribution in [1.82, 2.24) is 4.90 Å². The van der Waals surface area contributed by atoms with Gasteiger partial charge in [-0.05, 0) is 37.1 Å². The highest BCUT2D eigenvalue weighted by molar-refractivity contribution is 5.95. The predicted octanol–water partition coefficient (Wildman–Crippen LogP) is 3.03. The molecule has 1 saturated carbocycles. The van der Waals surface area contributed by atoms with E-state index in [2.05, 4.69) is 0 Å². The Morgan fingerprint density at radius 1 is 1.27 bits per heavy atom. The SMILES string of the molecule is CC(CN(C(=O)c1ccc(C(F)(F)F)cc1)C1CC1)C(=O)O. The van der Waals surface area contributed by atoms with Crippen molar-refractivity contribution in [1.29, 1.82) is 0 Å². The van der Waals surface area contributed by atoms with Crippen molar-refractivity contribution in [3.63, 3.8) is 0 Å². The second-order valence-corrected chi connectivity index (χ2v) is 5.50. The maximum atomic E-state index is 12.5. The van der Waals surface area contributed by atoms with Crippen LogP contribution in [0.2, 0.25) is 0 Å². The van der Waals surface area contributed by atoms with Crippen LogP contribution in [0.15, 0.2) is 24.3 Å². The summed E-state index contributed by atoms with van der Waals surface area (Å²) >= 11 is 0. The van der Waals surface area contributed by atoms with Crippen molar-refractivity contribution in [2.24, 2.45) is 5.92 Å². The van der Waals surface area contributed by atoms with Gasteiger partial charge in [-0.1, -0.05) is 6.92 Å². The fourth-order valence-corrected chi connectivity index (χ4v) is 2.12. The van der Waals surface area contributed by atoms with E-state index in [0.717, 1.165) is 37.1 Å². The number of rotatable bonds is 5. The Bertz CT molecular complexity index is 564. The van der Waals surface area contributed by atoms with Crippen molar-refractivity contribution in [3.05, 3.63) is 35.4 Å². The number of amides is 1. The van der Waals surface area contributed by atoms with Crippen molar-refractivity contribution in [3.8, 4) is 0 Å². The fourth-order valence-electron chi connectivity index (χ4n) is 2.12. The number of nitrogens with zero attached hydrogens (tertiary/aromatic N) is 1. The van der Waals surface area contributed by atoms with Crippen LogP contribution in [0.4, 0.5) is 13.2 Å². The Labute approximate surface area is 125 Å². The summed E-state index contributed by atoms with van der Waals surface area (Å²) in [6.07, 6.45) is -2.87. The van der Waals surface area contributed by atoms with Gasteiger partial charge in [-0.15, -0.1) is 0 Å². The minimum Gasteiger partial charge on any atom is -0.481 e. The fraction of sp³-hybridized carbons (Fsp3) is 0.467. The smallest absolute Gasteiger partial charge is 0.416 e. The second kappa shape index (κ2) is 5.98. The van der Waals surface area contributed by atoms with Crippen LogP contribution in [-0.4, -0.2) is 34.5 Å². The predicted molar refractivity (Wildman–Crippen MR) is 72.3 cm³/mol. The van der Waals surface area contributed by atoms with Gasteiger partial charge in [0, 0.05) is 18.2 Å².